The van der Waals surface area contributed by atoms with Crippen molar-refractivity contribution in [3.05, 3.63) is 52.5 Å². The summed E-state index contributed by atoms with van der Waals surface area (Å²) in [6.07, 6.45) is 1.08. The molecule has 0 atom stereocenters. The first-order chi connectivity index (χ1) is 12.7. The van der Waals surface area contributed by atoms with Crippen LogP contribution >= 0.6 is 23.6 Å². The van der Waals surface area contributed by atoms with Gasteiger partial charge in [-0.25, -0.2) is 4.39 Å². The van der Waals surface area contributed by atoms with Crippen molar-refractivity contribution < 1.29 is 14.0 Å². The molecule has 1 aliphatic heterocycles. The Balaban J connectivity index is 1.56. The zero-order chi connectivity index (χ0) is 18.2. The van der Waals surface area contributed by atoms with Gasteiger partial charge in [0.25, 0.3) is 0 Å². The van der Waals surface area contributed by atoms with E-state index in [9.17, 15) is 4.39 Å². The highest BCUT2D eigenvalue weighted by molar-refractivity contribution is 7.80. The van der Waals surface area contributed by atoms with Crippen molar-refractivity contribution in [3.8, 4) is 0 Å². The summed E-state index contributed by atoms with van der Waals surface area (Å²) < 4.78 is 18.5. The number of ether oxygens (including phenoxy) is 1. The van der Waals surface area contributed by atoms with Gasteiger partial charge in [0.2, 0.25) is 0 Å². The van der Waals surface area contributed by atoms with Crippen LogP contribution in [0.2, 0.25) is 0 Å². The number of benzene rings is 1. The summed E-state index contributed by atoms with van der Waals surface area (Å²) in [5.74, 6) is -0.245. The van der Waals surface area contributed by atoms with E-state index in [0.717, 1.165) is 58.0 Å². The SMILES string of the molecule is Fc1ccc(NC(=S)N(CCC[NH+]2CCOCC2)Cc2cccs2)cc1. The van der Waals surface area contributed by atoms with Crippen molar-refractivity contribution in [1.29, 1.82) is 0 Å². The van der Waals surface area contributed by atoms with Crippen LogP contribution < -0.4 is 10.2 Å². The van der Waals surface area contributed by atoms with Crippen molar-refractivity contribution in [1.82, 2.24) is 4.90 Å². The highest BCUT2D eigenvalue weighted by atomic mass is 32.1. The zero-order valence-electron chi connectivity index (χ0n) is 14.7. The molecule has 2 N–H and O–H groups in total. The summed E-state index contributed by atoms with van der Waals surface area (Å²) in [5.41, 5.74) is 0.811. The second kappa shape index (κ2) is 9.97. The standard InChI is InChI=1S/C19H24FN3OS2/c20-16-4-6-17(7-5-16)21-19(25)23(15-18-3-1-14-26-18)9-2-8-22-10-12-24-13-11-22/h1,3-7,14H,2,8-13,15H2,(H,21,25)/p+1. The van der Waals surface area contributed by atoms with Crippen LogP contribution in [0.3, 0.4) is 0 Å². The van der Waals surface area contributed by atoms with Gasteiger partial charge >= 0.3 is 0 Å². The van der Waals surface area contributed by atoms with E-state index in [1.54, 1.807) is 28.4 Å². The largest absolute Gasteiger partial charge is 0.370 e. The van der Waals surface area contributed by atoms with Gasteiger partial charge in [-0.15, -0.1) is 11.3 Å². The lowest BCUT2D eigenvalue weighted by Crippen LogP contribution is -3.14. The predicted molar refractivity (Wildman–Crippen MR) is 108 cm³/mol. The molecule has 0 bridgehead atoms. The fraction of sp³-hybridized carbons (Fsp3) is 0.421. The smallest absolute Gasteiger partial charge is 0.173 e. The topological polar surface area (TPSA) is 28.9 Å². The molecule has 140 valence electrons. The normalized spacial score (nSPS) is 15.0. The summed E-state index contributed by atoms with van der Waals surface area (Å²) in [4.78, 5) is 5.08. The number of halogens is 1. The molecular formula is C19H25FN3OS2+. The van der Waals surface area contributed by atoms with Gasteiger partial charge in [0.1, 0.15) is 18.9 Å². The Bertz CT molecular complexity index is 673. The molecule has 0 amide bonds. The number of nitrogens with one attached hydrogen (secondary N) is 2. The molecular weight excluding hydrogens is 369 g/mol. The summed E-state index contributed by atoms with van der Waals surface area (Å²) in [7, 11) is 0. The third kappa shape index (κ3) is 6.02. The lowest BCUT2D eigenvalue weighted by molar-refractivity contribution is -0.908. The number of anilines is 1. The Labute approximate surface area is 163 Å². The lowest BCUT2D eigenvalue weighted by Gasteiger charge is -2.28. The molecule has 1 aliphatic rings. The first-order valence-corrected chi connectivity index (χ1v) is 10.2. The number of nitrogens with zero attached hydrogens (tertiary/aromatic N) is 1. The molecule has 0 aliphatic carbocycles. The molecule has 0 radical (unpaired) electrons. The molecule has 0 spiro atoms. The molecule has 1 aromatic heterocycles. The van der Waals surface area contributed by atoms with Crippen LogP contribution in [0.5, 0.6) is 0 Å². The maximum absolute atomic E-state index is 13.1. The number of hydrogen-bond acceptors (Lipinski definition) is 3. The fourth-order valence-electron chi connectivity index (χ4n) is 3.01. The van der Waals surface area contributed by atoms with E-state index in [1.165, 1.54) is 17.0 Å². The number of quaternary nitrogens is 1. The van der Waals surface area contributed by atoms with Crippen molar-refractivity contribution in [2.45, 2.75) is 13.0 Å². The van der Waals surface area contributed by atoms with E-state index in [2.05, 4.69) is 27.7 Å². The second-order valence-corrected chi connectivity index (χ2v) is 7.82. The molecule has 0 unspecified atom stereocenters. The predicted octanol–water partition coefficient (Wildman–Crippen LogP) is 2.39. The third-order valence-electron chi connectivity index (χ3n) is 4.47. The van der Waals surface area contributed by atoms with Gasteiger partial charge in [-0.1, -0.05) is 6.07 Å². The van der Waals surface area contributed by atoms with Gasteiger partial charge in [-0.3, -0.25) is 0 Å². The molecule has 3 rings (SSSR count). The van der Waals surface area contributed by atoms with Crippen LogP contribution in [0.4, 0.5) is 10.1 Å². The van der Waals surface area contributed by atoms with Crippen molar-refractivity contribution in [3.63, 3.8) is 0 Å². The molecule has 1 saturated heterocycles. The van der Waals surface area contributed by atoms with Crippen LogP contribution in [-0.2, 0) is 11.3 Å². The van der Waals surface area contributed by atoms with Gasteiger partial charge in [-0.05, 0) is 47.9 Å². The highest BCUT2D eigenvalue weighted by Gasteiger charge is 2.16. The average molecular weight is 395 g/mol. The minimum Gasteiger partial charge on any atom is -0.370 e. The van der Waals surface area contributed by atoms with Crippen molar-refractivity contribution in [2.24, 2.45) is 0 Å². The van der Waals surface area contributed by atoms with Crippen molar-refractivity contribution >= 4 is 34.4 Å². The first-order valence-electron chi connectivity index (χ1n) is 8.96. The molecule has 0 saturated carbocycles. The Morgan fingerprint density at radius 2 is 2.00 bits per heavy atom. The minimum atomic E-state index is -0.245. The third-order valence-corrected chi connectivity index (χ3v) is 5.69. The van der Waals surface area contributed by atoms with Gasteiger partial charge in [0.15, 0.2) is 5.11 Å². The molecule has 1 fully saturated rings. The Morgan fingerprint density at radius 1 is 1.23 bits per heavy atom. The molecule has 2 heterocycles. The number of thiophene rings is 1. The zero-order valence-corrected chi connectivity index (χ0v) is 16.4. The van der Waals surface area contributed by atoms with Gasteiger partial charge < -0.3 is 19.9 Å². The van der Waals surface area contributed by atoms with E-state index in [1.807, 2.05) is 0 Å². The van der Waals surface area contributed by atoms with Crippen LogP contribution in [0, 0.1) is 5.82 Å². The monoisotopic (exact) mass is 394 g/mol. The first kappa shape index (κ1) is 19.2. The van der Waals surface area contributed by atoms with E-state index in [0.29, 0.717) is 5.11 Å². The summed E-state index contributed by atoms with van der Waals surface area (Å²) in [6, 6.07) is 10.5. The minimum absolute atomic E-state index is 0.245. The number of morpholine rings is 1. The van der Waals surface area contributed by atoms with Crippen LogP contribution in [0.15, 0.2) is 41.8 Å². The lowest BCUT2D eigenvalue weighted by atomic mass is 10.3. The van der Waals surface area contributed by atoms with Crippen LogP contribution in [0.1, 0.15) is 11.3 Å². The molecule has 26 heavy (non-hydrogen) atoms. The second-order valence-electron chi connectivity index (χ2n) is 6.40. The highest BCUT2D eigenvalue weighted by Crippen LogP contribution is 2.15. The Kier molecular flexibility index (Phi) is 7.37. The van der Waals surface area contributed by atoms with Gasteiger partial charge in [0.05, 0.1) is 26.3 Å². The summed E-state index contributed by atoms with van der Waals surface area (Å²) in [6.45, 7) is 6.71. The average Bonchev–Trinajstić information content (AvgIpc) is 3.17. The maximum atomic E-state index is 13.1. The van der Waals surface area contributed by atoms with Gasteiger partial charge in [-0.2, -0.15) is 0 Å². The Morgan fingerprint density at radius 3 is 2.69 bits per heavy atom. The van der Waals surface area contributed by atoms with Crippen molar-refractivity contribution in [2.75, 3.05) is 44.7 Å². The summed E-state index contributed by atoms with van der Waals surface area (Å²) >= 11 is 7.37. The van der Waals surface area contributed by atoms with Crippen LogP contribution in [0.25, 0.3) is 0 Å². The molecule has 1 aromatic carbocycles. The molecule has 2 aromatic rings. The Hall–Kier alpha value is -1.54. The van der Waals surface area contributed by atoms with Crippen LogP contribution in [-0.4, -0.2) is 49.4 Å². The van der Waals surface area contributed by atoms with E-state index in [4.69, 9.17) is 17.0 Å². The quantitative estimate of drug-likeness (QED) is 0.706. The number of hydrogen-bond donors (Lipinski definition) is 2. The van der Waals surface area contributed by atoms with Gasteiger partial charge in [0, 0.05) is 23.5 Å². The fourth-order valence-corrected chi connectivity index (χ4v) is 4.00. The summed E-state index contributed by atoms with van der Waals surface area (Å²) in [5, 5.41) is 6.01. The number of thiocarbonyl (C=S) groups is 1. The van der Waals surface area contributed by atoms with E-state index < -0.39 is 0 Å². The number of rotatable bonds is 7. The van der Waals surface area contributed by atoms with E-state index >= 15 is 0 Å². The maximum Gasteiger partial charge on any atom is 0.173 e. The molecule has 7 heteroatoms. The molecule has 4 nitrogen and oxygen atoms in total. The van der Waals surface area contributed by atoms with E-state index in [-0.39, 0.29) is 5.82 Å².